The van der Waals surface area contributed by atoms with E-state index in [-0.39, 0.29) is 11.7 Å². The van der Waals surface area contributed by atoms with E-state index in [0.717, 1.165) is 12.0 Å². The van der Waals surface area contributed by atoms with Crippen molar-refractivity contribution in [1.82, 2.24) is 0 Å². The Morgan fingerprint density at radius 2 is 1.89 bits per heavy atom. The summed E-state index contributed by atoms with van der Waals surface area (Å²) in [7, 11) is 0. The molecule has 2 aromatic carbocycles. The van der Waals surface area contributed by atoms with Gasteiger partial charge in [0.1, 0.15) is 5.75 Å². The van der Waals surface area contributed by atoms with Crippen LogP contribution in [0.2, 0.25) is 0 Å². The van der Waals surface area contributed by atoms with Crippen molar-refractivity contribution in [1.29, 1.82) is 0 Å². The minimum atomic E-state index is -0.233. The molecule has 4 heteroatoms. The maximum Gasteiger partial charge on any atom is 0.255 e. The monoisotopic (exact) mass is 256 g/mol. The second kappa shape index (κ2) is 5.44. The second-order valence-electron chi connectivity index (χ2n) is 4.27. The molecule has 1 amide bonds. The molecule has 19 heavy (non-hydrogen) atoms. The van der Waals surface area contributed by atoms with E-state index < -0.39 is 0 Å². The lowest BCUT2D eigenvalue weighted by molar-refractivity contribution is 0.102. The number of phenolic OH excluding ortho intramolecular Hbond substituents is 1. The summed E-state index contributed by atoms with van der Waals surface area (Å²) in [5.74, 6) is -0.100. The first kappa shape index (κ1) is 13.0. The van der Waals surface area contributed by atoms with Gasteiger partial charge in [-0.3, -0.25) is 4.79 Å². The highest BCUT2D eigenvalue weighted by Crippen LogP contribution is 2.19. The summed E-state index contributed by atoms with van der Waals surface area (Å²) in [6, 6.07) is 11.6. The Kier molecular flexibility index (Phi) is 3.71. The normalized spacial score (nSPS) is 10.2. The van der Waals surface area contributed by atoms with Gasteiger partial charge >= 0.3 is 0 Å². The molecule has 0 bridgehead atoms. The fourth-order valence-corrected chi connectivity index (χ4v) is 1.81. The van der Waals surface area contributed by atoms with E-state index in [1.165, 1.54) is 12.1 Å². The van der Waals surface area contributed by atoms with Crippen molar-refractivity contribution in [2.24, 2.45) is 0 Å². The lowest BCUT2D eigenvalue weighted by Crippen LogP contribution is -2.12. The van der Waals surface area contributed by atoms with Gasteiger partial charge in [0.2, 0.25) is 0 Å². The molecular weight excluding hydrogens is 240 g/mol. The van der Waals surface area contributed by atoms with Crippen LogP contribution in [0.5, 0.6) is 5.75 Å². The number of hydrogen-bond donors (Lipinski definition) is 3. The van der Waals surface area contributed by atoms with Crippen LogP contribution in [0.25, 0.3) is 0 Å². The number of carbonyl (C=O) groups is 1. The van der Waals surface area contributed by atoms with Crippen LogP contribution in [0.4, 0.5) is 11.4 Å². The molecule has 0 aliphatic carbocycles. The van der Waals surface area contributed by atoms with Crippen molar-refractivity contribution in [3.05, 3.63) is 53.6 Å². The van der Waals surface area contributed by atoms with E-state index in [2.05, 4.69) is 5.32 Å². The van der Waals surface area contributed by atoms with Crippen LogP contribution in [0.1, 0.15) is 22.8 Å². The highest BCUT2D eigenvalue weighted by atomic mass is 16.3. The van der Waals surface area contributed by atoms with Crippen LogP contribution in [0.3, 0.4) is 0 Å². The summed E-state index contributed by atoms with van der Waals surface area (Å²) in [6.45, 7) is 2.03. The molecule has 2 rings (SSSR count). The number of carbonyl (C=O) groups excluding carboxylic acids is 1. The van der Waals surface area contributed by atoms with Crippen molar-refractivity contribution >= 4 is 17.3 Å². The second-order valence-corrected chi connectivity index (χ2v) is 4.27. The number of anilines is 2. The average Bonchev–Trinajstić information content (AvgIpc) is 2.39. The quantitative estimate of drug-likeness (QED) is 0.739. The Bertz CT molecular complexity index is 592. The van der Waals surface area contributed by atoms with Gasteiger partial charge in [-0.25, -0.2) is 0 Å². The van der Waals surface area contributed by atoms with E-state index in [9.17, 15) is 9.90 Å². The van der Waals surface area contributed by atoms with Crippen LogP contribution in [0, 0.1) is 0 Å². The van der Waals surface area contributed by atoms with E-state index >= 15 is 0 Å². The van der Waals surface area contributed by atoms with E-state index in [4.69, 9.17) is 5.73 Å². The molecule has 0 aliphatic heterocycles. The zero-order valence-corrected chi connectivity index (χ0v) is 10.7. The van der Waals surface area contributed by atoms with Crippen LogP contribution in [0.15, 0.2) is 42.5 Å². The van der Waals surface area contributed by atoms with E-state index in [0.29, 0.717) is 16.9 Å². The first-order valence-electron chi connectivity index (χ1n) is 6.09. The Balaban J connectivity index is 2.14. The predicted octanol–water partition coefficient (Wildman–Crippen LogP) is 2.79. The van der Waals surface area contributed by atoms with Gasteiger partial charge < -0.3 is 16.2 Å². The minimum Gasteiger partial charge on any atom is -0.508 e. The molecule has 0 atom stereocenters. The first-order chi connectivity index (χ1) is 9.10. The number of nitrogens with one attached hydrogen (secondary N) is 1. The predicted molar refractivity (Wildman–Crippen MR) is 76.3 cm³/mol. The molecule has 0 fully saturated rings. The van der Waals surface area contributed by atoms with Crippen molar-refractivity contribution < 1.29 is 9.90 Å². The summed E-state index contributed by atoms with van der Waals surface area (Å²) >= 11 is 0. The smallest absolute Gasteiger partial charge is 0.255 e. The molecule has 98 valence electrons. The van der Waals surface area contributed by atoms with Gasteiger partial charge in [0, 0.05) is 16.9 Å². The molecule has 0 aliphatic rings. The zero-order valence-electron chi connectivity index (χ0n) is 10.7. The van der Waals surface area contributed by atoms with Crippen molar-refractivity contribution in [3.63, 3.8) is 0 Å². The highest BCUT2D eigenvalue weighted by molar-refractivity contribution is 6.04. The van der Waals surface area contributed by atoms with E-state index in [1.807, 2.05) is 19.1 Å². The Morgan fingerprint density at radius 3 is 2.47 bits per heavy atom. The number of nitrogen functional groups attached to an aromatic ring is 1. The third kappa shape index (κ3) is 3.04. The van der Waals surface area contributed by atoms with Crippen LogP contribution < -0.4 is 11.1 Å². The highest BCUT2D eigenvalue weighted by Gasteiger charge is 2.07. The topological polar surface area (TPSA) is 75.3 Å². The van der Waals surface area contributed by atoms with Crippen molar-refractivity contribution in [2.75, 3.05) is 11.1 Å². The average molecular weight is 256 g/mol. The number of rotatable bonds is 3. The maximum atomic E-state index is 12.0. The molecule has 0 saturated carbocycles. The molecule has 2 aromatic rings. The van der Waals surface area contributed by atoms with Gasteiger partial charge in [0.05, 0.1) is 0 Å². The largest absolute Gasteiger partial charge is 0.508 e. The Morgan fingerprint density at radius 1 is 1.21 bits per heavy atom. The molecule has 0 radical (unpaired) electrons. The molecule has 4 N–H and O–H groups in total. The summed E-state index contributed by atoms with van der Waals surface area (Å²) in [5, 5.41) is 11.9. The number of phenols is 1. The molecule has 0 saturated heterocycles. The van der Waals surface area contributed by atoms with E-state index in [1.54, 1.807) is 18.2 Å². The number of nitrogens with two attached hydrogens (primary N) is 1. The van der Waals surface area contributed by atoms with Gasteiger partial charge in [0.25, 0.3) is 5.91 Å². The van der Waals surface area contributed by atoms with Gasteiger partial charge in [-0.05, 0) is 48.4 Å². The maximum absolute atomic E-state index is 12.0. The molecular formula is C15H16N2O2. The molecule has 0 aromatic heterocycles. The van der Waals surface area contributed by atoms with Crippen LogP contribution in [-0.4, -0.2) is 11.0 Å². The Labute approximate surface area is 111 Å². The fourth-order valence-electron chi connectivity index (χ4n) is 1.81. The first-order valence-corrected chi connectivity index (χ1v) is 6.09. The molecule has 0 unspecified atom stereocenters. The number of benzene rings is 2. The van der Waals surface area contributed by atoms with Crippen LogP contribution >= 0.6 is 0 Å². The van der Waals surface area contributed by atoms with Crippen molar-refractivity contribution in [3.8, 4) is 5.75 Å². The molecule has 0 heterocycles. The van der Waals surface area contributed by atoms with Crippen LogP contribution in [-0.2, 0) is 6.42 Å². The van der Waals surface area contributed by atoms with Gasteiger partial charge in [-0.15, -0.1) is 0 Å². The standard InChI is InChI=1S/C15H16N2O2/c1-2-10-3-6-12(9-14(10)16)17-15(19)11-4-7-13(18)8-5-11/h3-9,18H,2,16H2,1H3,(H,17,19). The fraction of sp³-hybridized carbons (Fsp3) is 0.133. The summed E-state index contributed by atoms with van der Waals surface area (Å²) in [5.41, 5.74) is 8.75. The summed E-state index contributed by atoms with van der Waals surface area (Å²) in [4.78, 5) is 12.0. The zero-order chi connectivity index (χ0) is 13.8. The van der Waals surface area contributed by atoms with Crippen molar-refractivity contribution in [2.45, 2.75) is 13.3 Å². The van der Waals surface area contributed by atoms with Gasteiger partial charge in [-0.1, -0.05) is 13.0 Å². The third-order valence-corrected chi connectivity index (χ3v) is 2.91. The number of hydrogen-bond acceptors (Lipinski definition) is 3. The third-order valence-electron chi connectivity index (χ3n) is 2.91. The summed E-state index contributed by atoms with van der Waals surface area (Å²) in [6.07, 6.45) is 0.859. The van der Waals surface area contributed by atoms with Gasteiger partial charge in [0.15, 0.2) is 0 Å². The SMILES string of the molecule is CCc1ccc(NC(=O)c2ccc(O)cc2)cc1N. The Hall–Kier alpha value is -2.49. The lowest BCUT2D eigenvalue weighted by atomic mass is 10.1. The number of aryl methyl sites for hydroxylation is 1. The number of amides is 1. The lowest BCUT2D eigenvalue weighted by Gasteiger charge is -2.08. The number of aromatic hydroxyl groups is 1. The summed E-state index contributed by atoms with van der Waals surface area (Å²) < 4.78 is 0. The molecule has 0 spiro atoms. The molecule has 4 nitrogen and oxygen atoms in total. The van der Waals surface area contributed by atoms with Gasteiger partial charge in [-0.2, -0.15) is 0 Å². The minimum absolute atomic E-state index is 0.132.